The van der Waals surface area contributed by atoms with Gasteiger partial charge in [0.2, 0.25) is 0 Å². The summed E-state index contributed by atoms with van der Waals surface area (Å²) in [5, 5.41) is 1.34. The molecule has 2 rings (SSSR count). The zero-order chi connectivity index (χ0) is 14.0. The van der Waals surface area contributed by atoms with E-state index in [2.05, 4.69) is 0 Å². The highest BCUT2D eigenvalue weighted by molar-refractivity contribution is 6.42. The number of hydrogen-bond acceptors (Lipinski definition) is 2. The molecular formula is C14H10Cl3NO. The van der Waals surface area contributed by atoms with Gasteiger partial charge in [0.25, 0.3) is 0 Å². The minimum atomic E-state index is -0.0539. The largest absolute Gasteiger partial charge is 0.398 e. The monoisotopic (exact) mass is 313 g/mol. The van der Waals surface area contributed by atoms with Crippen molar-refractivity contribution in [2.75, 3.05) is 5.73 Å². The molecule has 0 fully saturated rings. The number of hydrogen-bond donors (Lipinski definition) is 1. The number of nitrogens with two attached hydrogens (primary N) is 1. The van der Waals surface area contributed by atoms with Crippen LogP contribution in [-0.4, -0.2) is 5.78 Å². The van der Waals surface area contributed by atoms with Gasteiger partial charge in [0.15, 0.2) is 5.78 Å². The van der Waals surface area contributed by atoms with Crippen molar-refractivity contribution < 1.29 is 4.79 Å². The van der Waals surface area contributed by atoms with E-state index >= 15 is 0 Å². The van der Waals surface area contributed by atoms with Crippen molar-refractivity contribution in [3.63, 3.8) is 0 Å². The third kappa shape index (κ3) is 3.41. The summed E-state index contributed by atoms with van der Waals surface area (Å²) in [6.07, 6.45) is 0.234. The lowest BCUT2D eigenvalue weighted by Crippen LogP contribution is -2.04. The highest BCUT2D eigenvalue weighted by atomic mass is 35.5. The maximum Gasteiger partial charge on any atom is 0.167 e. The topological polar surface area (TPSA) is 43.1 Å². The minimum Gasteiger partial charge on any atom is -0.398 e. The van der Waals surface area contributed by atoms with Gasteiger partial charge in [0, 0.05) is 12.0 Å². The van der Waals surface area contributed by atoms with E-state index in [0.717, 1.165) is 5.56 Å². The highest BCUT2D eigenvalue weighted by Gasteiger charge is 2.10. The molecule has 0 saturated heterocycles. The van der Waals surface area contributed by atoms with Crippen molar-refractivity contribution in [2.45, 2.75) is 6.42 Å². The average molecular weight is 315 g/mol. The van der Waals surface area contributed by atoms with E-state index in [9.17, 15) is 4.79 Å². The predicted octanol–water partition coefficient (Wildman–Crippen LogP) is 4.65. The molecule has 98 valence electrons. The van der Waals surface area contributed by atoms with Crippen molar-refractivity contribution >= 4 is 46.3 Å². The Kier molecular flexibility index (Phi) is 4.35. The first-order chi connectivity index (χ1) is 8.97. The zero-order valence-electron chi connectivity index (χ0n) is 9.79. The molecule has 0 spiro atoms. The Balaban J connectivity index is 2.20. The van der Waals surface area contributed by atoms with Crippen LogP contribution in [0.4, 0.5) is 5.69 Å². The van der Waals surface area contributed by atoms with Gasteiger partial charge in [-0.1, -0.05) is 40.9 Å². The van der Waals surface area contributed by atoms with Crippen LogP contribution < -0.4 is 5.73 Å². The molecule has 2 aromatic carbocycles. The van der Waals surface area contributed by atoms with Crippen LogP contribution in [0, 0.1) is 0 Å². The summed E-state index contributed by atoms with van der Waals surface area (Å²) in [7, 11) is 0. The molecule has 0 bridgehead atoms. The van der Waals surface area contributed by atoms with Gasteiger partial charge in [-0.15, -0.1) is 0 Å². The molecule has 2 nitrogen and oxygen atoms in total. The molecule has 0 saturated carbocycles. The second-order valence-electron chi connectivity index (χ2n) is 4.08. The summed E-state index contributed by atoms with van der Waals surface area (Å²) >= 11 is 17.5. The van der Waals surface area contributed by atoms with E-state index in [0.29, 0.717) is 26.3 Å². The Morgan fingerprint density at radius 2 is 1.63 bits per heavy atom. The van der Waals surface area contributed by atoms with Crippen LogP contribution >= 0.6 is 34.8 Å². The summed E-state index contributed by atoms with van der Waals surface area (Å²) in [5.41, 5.74) is 7.38. The van der Waals surface area contributed by atoms with E-state index in [1.165, 1.54) is 0 Å². The number of rotatable bonds is 3. The quantitative estimate of drug-likeness (QED) is 0.661. The van der Waals surface area contributed by atoms with Crippen molar-refractivity contribution in [1.29, 1.82) is 0 Å². The summed E-state index contributed by atoms with van der Waals surface area (Å²) < 4.78 is 0. The molecule has 0 heterocycles. The number of anilines is 1. The number of carbonyl (C=O) groups is 1. The van der Waals surface area contributed by atoms with Crippen molar-refractivity contribution in [3.8, 4) is 0 Å². The van der Waals surface area contributed by atoms with Crippen LogP contribution in [0.2, 0.25) is 15.1 Å². The van der Waals surface area contributed by atoms with Gasteiger partial charge in [-0.05, 0) is 35.9 Å². The van der Waals surface area contributed by atoms with Crippen LogP contribution in [0.1, 0.15) is 15.9 Å². The molecule has 19 heavy (non-hydrogen) atoms. The molecule has 0 unspecified atom stereocenters. The number of carbonyl (C=O) groups excluding carboxylic acids is 1. The lowest BCUT2D eigenvalue weighted by atomic mass is 10.0. The van der Waals surface area contributed by atoms with Crippen LogP contribution in [0.15, 0.2) is 36.4 Å². The first kappa shape index (κ1) is 14.2. The number of halogens is 3. The smallest absolute Gasteiger partial charge is 0.167 e. The fraction of sp³-hybridized carbons (Fsp3) is 0.0714. The molecule has 0 amide bonds. The number of nitrogen functional groups attached to an aromatic ring is 1. The molecule has 0 atom stereocenters. The Hall–Kier alpha value is -1.22. The van der Waals surface area contributed by atoms with Gasteiger partial charge < -0.3 is 5.73 Å². The van der Waals surface area contributed by atoms with Crippen LogP contribution in [0.25, 0.3) is 0 Å². The van der Waals surface area contributed by atoms with Gasteiger partial charge in [-0.3, -0.25) is 4.79 Å². The molecule has 0 aliphatic rings. The molecule has 0 aliphatic carbocycles. The molecule has 0 radical (unpaired) electrons. The maximum atomic E-state index is 12.1. The maximum absolute atomic E-state index is 12.1. The SMILES string of the molecule is Nc1cc(C(=O)Cc2ccc(Cl)c(Cl)c2)ccc1Cl. The molecule has 2 aromatic rings. The summed E-state index contributed by atoms with van der Waals surface area (Å²) in [5.74, 6) is -0.0539. The molecule has 2 N–H and O–H groups in total. The summed E-state index contributed by atoms with van der Waals surface area (Å²) in [6.45, 7) is 0. The van der Waals surface area contributed by atoms with Crippen molar-refractivity contribution in [3.05, 3.63) is 62.6 Å². The van der Waals surface area contributed by atoms with Gasteiger partial charge in [-0.25, -0.2) is 0 Å². The molecule has 5 heteroatoms. The van der Waals surface area contributed by atoms with E-state index in [1.807, 2.05) is 0 Å². The first-order valence-corrected chi connectivity index (χ1v) is 6.63. The van der Waals surface area contributed by atoms with Gasteiger partial charge in [0.05, 0.1) is 20.8 Å². The Bertz CT molecular complexity index is 641. The van der Waals surface area contributed by atoms with Crippen molar-refractivity contribution in [1.82, 2.24) is 0 Å². The minimum absolute atomic E-state index is 0.0539. The van der Waals surface area contributed by atoms with Crippen LogP contribution in [0.3, 0.4) is 0 Å². The van der Waals surface area contributed by atoms with Crippen LogP contribution in [-0.2, 0) is 6.42 Å². The highest BCUT2D eigenvalue weighted by Crippen LogP contribution is 2.24. The normalized spacial score (nSPS) is 10.5. The van der Waals surface area contributed by atoms with E-state index < -0.39 is 0 Å². The zero-order valence-corrected chi connectivity index (χ0v) is 12.1. The predicted molar refractivity (Wildman–Crippen MR) is 80.4 cm³/mol. The summed E-state index contributed by atoms with van der Waals surface area (Å²) in [6, 6.07) is 9.95. The van der Waals surface area contributed by atoms with E-state index in [-0.39, 0.29) is 12.2 Å². The lowest BCUT2D eigenvalue weighted by Gasteiger charge is -2.05. The molecular weight excluding hydrogens is 305 g/mol. The fourth-order valence-electron chi connectivity index (χ4n) is 1.65. The van der Waals surface area contributed by atoms with E-state index in [1.54, 1.807) is 36.4 Å². The molecule has 0 aliphatic heterocycles. The number of Topliss-reactive ketones (excluding diaryl/α,β-unsaturated/α-hetero) is 1. The number of ketones is 1. The van der Waals surface area contributed by atoms with E-state index in [4.69, 9.17) is 40.5 Å². The van der Waals surface area contributed by atoms with Gasteiger partial charge >= 0.3 is 0 Å². The second-order valence-corrected chi connectivity index (χ2v) is 5.31. The standard InChI is InChI=1S/C14H10Cl3NO/c15-10-3-1-8(5-12(10)17)6-14(19)9-2-4-11(16)13(18)7-9/h1-5,7H,6,18H2. The Morgan fingerprint density at radius 3 is 2.26 bits per heavy atom. The summed E-state index contributed by atoms with van der Waals surface area (Å²) in [4.78, 5) is 12.1. The lowest BCUT2D eigenvalue weighted by molar-refractivity contribution is 0.0993. The third-order valence-electron chi connectivity index (χ3n) is 2.67. The van der Waals surface area contributed by atoms with Crippen LogP contribution in [0.5, 0.6) is 0 Å². The van der Waals surface area contributed by atoms with Gasteiger partial charge in [-0.2, -0.15) is 0 Å². The average Bonchev–Trinajstić information content (AvgIpc) is 2.37. The Morgan fingerprint density at radius 1 is 0.947 bits per heavy atom. The molecule has 0 aromatic heterocycles. The second kappa shape index (κ2) is 5.83. The Labute approximate surface area is 126 Å². The fourth-order valence-corrected chi connectivity index (χ4v) is 2.09. The number of benzene rings is 2. The first-order valence-electron chi connectivity index (χ1n) is 5.49. The third-order valence-corrected chi connectivity index (χ3v) is 3.75. The van der Waals surface area contributed by atoms with Crippen molar-refractivity contribution in [2.24, 2.45) is 0 Å². The van der Waals surface area contributed by atoms with Gasteiger partial charge in [0.1, 0.15) is 0 Å².